The van der Waals surface area contributed by atoms with Gasteiger partial charge in [-0.05, 0) is 64.3 Å². The molecule has 0 unspecified atom stereocenters. The highest BCUT2D eigenvalue weighted by Crippen LogP contribution is 2.37. The summed E-state index contributed by atoms with van der Waals surface area (Å²) in [4.78, 5) is 0. The van der Waals surface area contributed by atoms with Crippen LogP contribution in [0.4, 0.5) is 4.39 Å². The zero-order chi connectivity index (χ0) is 18.8. The number of benzene rings is 2. The maximum Gasteiger partial charge on any atom is 0.498 e. The van der Waals surface area contributed by atoms with E-state index in [-0.39, 0.29) is 5.82 Å². The summed E-state index contributed by atoms with van der Waals surface area (Å²) in [6, 6.07) is 14.8. The van der Waals surface area contributed by atoms with Crippen molar-refractivity contribution in [2.45, 2.75) is 51.7 Å². The molecule has 1 saturated heterocycles. The fraction of sp³-hybridized carbons (Fsp3) is 0.429. The van der Waals surface area contributed by atoms with Crippen molar-refractivity contribution < 1.29 is 18.4 Å². The molecule has 0 radical (unpaired) electrons. The molecule has 0 saturated carbocycles. The Hall–Kier alpha value is -1.85. The number of aryl methyl sites for hydroxylation is 1. The van der Waals surface area contributed by atoms with Crippen molar-refractivity contribution in [3.63, 3.8) is 0 Å². The number of halogens is 1. The second-order valence-electron chi connectivity index (χ2n) is 7.71. The van der Waals surface area contributed by atoms with Crippen LogP contribution < -0.4 is 10.2 Å². The van der Waals surface area contributed by atoms with Crippen LogP contribution in [0.1, 0.15) is 39.7 Å². The molecule has 0 bridgehead atoms. The molecular formula is C21H26BFO3. The van der Waals surface area contributed by atoms with Crippen LogP contribution in [-0.4, -0.2) is 24.9 Å². The van der Waals surface area contributed by atoms with E-state index in [9.17, 15) is 4.39 Å². The summed E-state index contributed by atoms with van der Waals surface area (Å²) in [7, 11) is -0.639. The molecule has 1 heterocycles. The second-order valence-corrected chi connectivity index (χ2v) is 7.71. The van der Waals surface area contributed by atoms with Crippen molar-refractivity contribution in [2.75, 3.05) is 6.61 Å². The summed E-state index contributed by atoms with van der Waals surface area (Å²) < 4.78 is 31.9. The molecule has 0 aromatic heterocycles. The molecule has 2 aromatic rings. The first-order valence-electron chi connectivity index (χ1n) is 9.10. The highest BCUT2D eigenvalue weighted by molar-refractivity contribution is 6.63. The van der Waals surface area contributed by atoms with E-state index in [2.05, 4.69) is 12.1 Å². The van der Waals surface area contributed by atoms with Crippen LogP contribution in [0.25, 0.3) is 0 Å². The van der Waals surface area contributed by atoms with E-state index in [0.29, 0.717) is 17.8 Å². The average Bonchev–Trinajstić information content (AvgIpc) is 2.81. The minimum atomic E-state index is -0.639. The molecule has 3 nitrogen and oxygen atoms in total. The van der Waals surface area contributed by atoms with Gasteiger partial charge in [0, 0.05) is 5.46 Å². The minimum absolute atomic E-state index is 0.327. The zero-order valence-corrected chi connectivity index (χ0v) is 15.9. The van der Waals surface area contributed by atoms with Crippen LogP contribution in [0, 0.1) is 5.82 Å². The molecule has 1 aliphatic rings. The smallest absolute Gasteiger partial charge is 0.494 e. The molecule has 2 aromatic carbocycles. The van der Waals surface area contributed by atoms with Gasteiger partial charge in [0.15, 0.2) is 0 Å². The van der Waals surface area contributed by atoms with Gasteiger partial charge in [0.1, 0.15) is 11.6 Å². The van der Waals surface area contributed by atoms with Gasteiger partial charge in [-0.1, -0.05) is 30.3 Å². The molecular weight excluding hydrogens is 330 g/mol. The van der Waals surface area contributed by atoms with Crippen LogP contribution in [0.5, 0.6) is 5.75 Å². The van der Waals surface area contributed by atoms with Crippen molar-refractivity contribution in [2.24, 2.45) is 0 Å². The maximum atomic E-state index is 13.8. The van der Waals surface area contributed by atoms with Gasteiger partial charge in [0.25, 0.3) is 0 Å². The third-order valence-electron chi connectivity index (χ3n) is 5.19. The van der Waals surface area contributed by atoms with Gasteiger partial charge in [-0.15, -0.1) is 0 Å². The topological polar surface area (TPSA) is 27.7 Å². The predicted octanol–water partition coefficient (Wildman–Crippen LogP) is 4.14. The molecule has 5 heteroatoms. The quantitative estimate of drug-likeness (QED) is 0.575. The molecule has 0 amide bonds. The molecule has 0 aliphatic carbocycles. The third-order valence-corrected chi connectivity index (χ3v) is 5.19. The molecule has 26 heavy (non-hydrogen) atoms. The van der Waals surface area contributed by atoms with Gasteiger partial charge >= 0.3 is 7.12 Å². The number of ether oxygens (including phenoxy) is 1. The summed E-state index contributed by atoms with van der Waals surface area (Å²) in [5.41, 5.74) is 0.924. The van der Waals surface area contributed by atoms with Gasteiger partial charge in [-0.2, -0.15) is 0 Å². The van der Waals surface area contributed by atoms with Gasteiger partial charge in [-0.3, -0.25) is 0 Å². The van der Waals surface area contributed by atoms with Crippen molar-refractivity contribution in [1.82, 2.24) is 0 Å². The lowest BCUT2D eigenvalue weighted by molar-refractivity contribution is 0.00578. The fourth-order valence-corrected chi connectivity index (χ4v) is 2.91. The number of hydrogen-bond donors (Lipinski definition) is 0. The number of rotatable bonds is 6. The average molecular weight is 356 g/mol. The van der Waals surface area contributed by atoms with E-state index < -0.39 is 18.3 Å². The first kappa shape index (κ1) is 18.9. The Morgan fingerprint density at radius 2 is 1.62 bits per heavy atom. The summed E-state index contributed by atoms with van der Waals surface area (Å²) >= 11 is 0. The van der Waals surface area contributed by atoms with Gasteiger partial charge in [0.2, 0.25) is 0 Å². The summed E-state index contributed by atoms with van der Waals surface area (Å²) in [5.74, 6) is 0.282. The van der Waals surface area contributed by atoms with E-state index in [1.165, 1.54) is 17.7 Å². The highest BCUT2D eigenvalue weighted by atomic mass is 19.1. The SMILES string of the molecule is CC1(C)OB(c2cc(F)ccc2OCCCc2ccccc2)OC1(C)C. The fourth-order valence-electron chi connectivity index (χ4n) is 2.91. The van der Waals surface area contributed by atoms with Crippen LogP contribution in [-0.2, 0) is 15.7 Å². The van der Waals surface area contributed by atoms with E-state index in [1.54, 1.807) is 6.07 Å². The molecule has 1 aliphatic heterocycles. The van der Waals surface area contributed by atoms with E-state index in [0.717, 1.165) is 12.8 Å². The Bertz CT molecular complexity index is 730. The minimum Gasteiger partial charge on any atom is -0.494 e. The second kappa shape index (κ2) is 7.41. The maximum absolute atomic E-state index is 13.8. The Balaban J connectivity index is 1.67. The van der Waals surface area contributed by atoms with Crippen molar-refractivity contribution in [1.29, 1.82) is 0 Å². The summed E-state index contributed by atoms with van der Waals surface area (Å²) in [6.07, 6.45) is 1.82. The van der Waals surface area contributed by atoms with Crippen LogP contribution >= 0.6 is 0 Å². The molecule has 0 atom stereocenters. The molecule has 3 rings (SSSR count). The Kier molecular flexibility index (Phi) is 5.40. The Morgan fingerprint density at radius 3 is 2.27 bits per heavy atom. The van der Waals surface area contributed by atoms with Crippen LogP contribution in [0.3, 0.4) is 0 Å². The zero-order valence-electron chi connectivity index (χ0n) is 15.9. The number of hydrogen-bond acceptors (Lipinski definition) is 3. The molecule has 138 valence electrons. The lowest BCUT2D eigenvalue weighted by atomic mass is 9.78. The first-order valence-corrected chi connectivity index (χ1v) is 9.10. The first-order chi connectivity index (χ1) is 12.3. The molecule has 1 fully saturated rings. The van der Waals surface area contributed by atoms with E-state index in [1.807, 2.05) is 45.9 Å². The van der Waals surface area contributed by atoms with E-state index >= 15 is 0 Å². The standard InChI is InChI=1S/C21H26BFO3/c1-20(2)21(3,4)26-22(25-20)18-15-17(23)12-13-19(18)24-14-8-11-16-9-6-5-7-10-16/h5-7,9-10,12-13,15H,8,11,14H2,1-4H3. The molecule has 0 N–H and O–H groups in total. The monoisotopic (exact) mass is 356 g/mol. The predicted molar refractivity (Wildman–Crippen MR) is 102 cm³/mol. The Labute approximate surface area is 155 Å². The van der Waals surface area contributed by atoms with Crippen molar-refractivity contribution >= 4 is 12.6 Å². The van der Waals surface area contributed by atoms with Gasteiger partial charge in [0.05, 0.1) is 17.8 Å². The van der Waals surface area contributed by atoms with Crippen LogP contribution in [0.2, 0.25) is 0 Å². The van der Waals surface area contributed by atoms with Gasteiger partial charge < -0.3 is 14.0 Å². The van der Waals surface area contributed by atoms with E-state index in [4.69, 9.17) is 14.0 Å². The van der Waals surface area contributed by atoms with Crippen molar-refractivity contribution in [3.8, 4) is 5.75 Å². The lowest BCUT2D eigenvalue weighted by Crippen LogP contribution is -2.41. The largest absolute Gasteiger partial charge is 0.498 e. The third kappa shape index (κ3) is 4.10. The summed E-state index contributed by atoms with van der Waals surface area (Å²) in [6.45, 7) is 8.46. The van der Waals surface area contributed by atoms with Crippen LogP contribution in [0.15, 0.2) is 48.5 Å². The Morgan fingerprint density at radius 1 is 0.962 bits per heavy atom. The normalized spacial score (nSPS) is 18.1. The molecule has 0 spiro atoms. The van der Waals surface area contributed by atoms with Gasteiger partial charge in [-0.25, -0.2) is 4.39 Å². The lowest BCUT2D eigenvalue weighted by Gasteiger charge is -2.32. The highest BCUT2D eigenvalue weighted by Gasteiger charge is 2.52. The summed E-state index contributed by atoms with van der Waals surface area (Å²) in [5, 5.41) is 0. The van der Waals surface area contributed by atoms with Crippen molar-refractivity contribution in [3.05, 3.63) is 59.9 Å².